The van der Waals surface area contributed by atoms with Gasteiger partial charge in [-0.2, -0.15) is 0 Å². The van der Waals surface area contributed by atoms with Crippen LogP contribution in [0.25, 0.3) is 0 Å². The molecule has 0 aromatic heterocycles. The van der Waals surface area contributed by atoms with Gasteiger partial charge < -0.3 is 10.2 Å². The van der Waals surface area contributed by atoms with E-state index in [-0.39, 0.29) is 0 Å². The third-order valence-corrected chi connectivity index (χ3v) is 3.77. The van der Waals surface area contributed by atoms with Crippen molar-refractivity contribution < 1.29 is 10.2 Å². The van der Waals surface area contributed by atoms with Gasteiger partial charge in [0.15, 0.2) is 0 Å². The van der Waals surface area contributed by atoms with Crippen molar-refractivity contribution in [2.24, 2.45) is 0 Å². The van der Waals surface area contributed by atoms with E-state index in [1.807, 2.05) is 0 Å². The lowest BCUT2D eigenvalue weighted by atomic mass is 9.77. The van der Waals surface area contributed by atoms with E-state index in [9.17, 15) is 10.2 Å². The fourth-order valence-electron chi connectivity index (χ4n) is 2.83. The molecule has 2 N–H and O–H groups in total. The van der Waals surface area contributed by atoms with Crippen LogP contribution in [-0.4, -0.2) is 47.0 Å². The average molecular weight is 219 g/mol. The van der Waals surface area contributed by atoms with E-state index in [2.05, 4.69) is 29.2 Å². The Morgan fingerprint density at radius 3 is 2.50 bits per heavy atom. The van der Waals surface area contributed by atoms with Gasteiger partial charge in [-0.05, 0) is 17.5 Å². The van der Waals surface area contributed by atoms with Gasteiger partial charge in [0, 0.05) is 25.6 Å². The van der Waals surface area contributed by atoms with Crippen molar-refractivity contribution in [3.8, 4) is 0 Å². The zero-order chi connectivity index (χ0) is 11.1. The van der Waals surface area contributed by atoms with E-state index < -0.39 is 12.2 Å². The van der Waals surface area contributed by atoms with Gasteiger partial charge in [-0.1, -0.05) is 24.3 Å². The highest BCUT2D eigenvalue weighted by atomic mass is 16.3. The maximum absolute atomic E-state index is 9.48. The molecule has 0 bridgehead atoms. The highest BCUT2D eigenvalue weighted by Crippen LogP contribution is 2.35. The molecule has 1 saturated heterocycles. The summed E-state index contributed by atoms with van der Waals surface area (Å²) in [5.41, 5.74) is 2.89. The first-order valence-electron chi connectivity index (χ1n) is 5.90. The summed E-state index contributed by atoms with van der Waals surface area (Å²) in [4.78, 5) is 2.16. The standard InChI is InChI=1S/C13H17NO2/c15-12-7-14(8-13(12)16)6-10-5-9-3-1-2-4-11(9)10/h1-4,10,12-13,15-16H,5-8H2/t10?,12-,13+. The molecular weight excluding hydrogens is 202 g/mol. The summed E-state index contributed by atoms with van der Waals surface area (Å²) >= 11 is 0. The fourth-order valence-corrected chi connectivity index (χ4v) is 2.83. The highest BCUT2D eigenvalue weighted by molar-refractivity contribution is 5.40. The molecule has 1 aromatic rings. The quantitative estimate of drug-likeness (QED) is 0.755. The summed E-state index contributed by atoms with van der Waals surface area (Å²) in [6.07, 6.45) is 0.0180. The summed E-state index contributed by atoms with van der Waals surface area (Å²) in [5.74, 6) is 0.591. The molecule has 3 rings (SSSR count). The van der Waals surface area contributed by atoms with Crippen LogP contribution in [0.3, 0.4) is 0 Å². The number of hydrogen-bond donors (Lipinski definition) is 2. The predicted octanol–water partition coefficient (Wildman–Crippen LogP) is 0.364. The Hall–Kier alpha value is -0.900. The lowest BCUT2D eigenvalue weighted by Crippen LogP contribution is -2.32. The van der Waals surface area contributed by atoms with Crippen LogP contribution in [0, 0.1) is 0 Å². The second-order valence-corrected chi connectivity index (χ2v) is 4.95. The van der Waals surface area contributed by atoms with Crippen LogP contribution in [0.2, 0.25) is 0 Å². The summed E-state index contributed by atoms with van der Waals surface area (Å²) in [6.45, 7) is 2.19. The first-order valence-corrected chi connectivity index (χ1v) is 5.90. The Labute approximate surface area is 95.3 Å². The molecule has 3 atom stereocenters. The molecule has 1 aliphatic heterocycles. The third-order valence-electron chi connectivity index (χ3n) is 3.77. The third kappa shape index (κ3) is 1.65. The number of hydrogen-bond acceptors (Lipinski definition) is 3. The SMILES string of the molecule is O[C@@H]1CN(CC2Cc3ccccc32)C[C@@H]1O. The van der Waals surface area contributed by atoms with Gasteiger partial charge in [0.05, 0.1) is 12.2 Å². The number of rotatable bonds is 2. The van der Waals surface area contributed by atoms with Gasteiger partial charge in [-0.25, -0.2) is 0 Å². The van der Waals surface area contributed by atoms with Crippen LogP contribution in [0.15, 0.2) is 24.3 Å². The van der Waals surface area contributed by atoms with Crippen LogP contribution in [0.1, 0.15) is 17.0 Å². The first kappa shape index (κ1) is 10.3. The van der Waals surface area contributed by atoms with E-state index in [0.717, 1.165) is 13.0 Å². The number of benzene rings is 1. The average Bonchev–Trinajstić information content (AvgIpc) is 2.55. The molecular formula is C13H17NO2. The minimum atomic E-state index is -0.560. The van der Waals surface area contributed by atoms with Gasteiger partial charge in [-0.3, -0.25) is 4.90 Å². The number of likely N-dealkylation sites (tertiary alicyclic amines) is 1. The smallest absolute Gasteiger partial charge is 0.0938 e. The molecule has 0 spiro atoms. The summed E-state index contributed by atoms with van der Waals surface area (Å²) in [7, 11) is 0. The first-order chi connectivity index (χ1) is 7.74. The minimum absolute atomic E-state index is 0.560. The van der Waals surface area contributed by atoms with E-state index in [0.29, 0.717) is 19.0 Å². The Kier molecular flexibility index (Phi) is 2.46. The summed E-state index contributed by atoms with van der Waals surface area (Å²) < 4.78 is 0. The molecule has 1 heterocycles. The molecule has 1 aromatic carbocycles. The van der Waals surface area contributed by atoms with Crippen LogP contribution in [0.4, 0.5) is 0 Å². The van der Waals surface area contributed by atoms with E-state index in [4.69, 9.17) is 0 Å². The van der Waals surface area contributed by atoms with Gasteiger partial charge >= 0.3 is 0 Å². The second-order valence-electron chi connectivity index (χ2n) is 4.95. The number of β-amino-alcohol motifs (C(OH)–C–C–N with tert-alkyl or cyclic N) is 2. The van der Waals surface area contributed by atoms with Crippen molar-refractivity contribution in [1.29, 1.82) is 0 Å². The summed E-state index contributed by atoms with van der Waals surface area (Å²) in [5, 5.41) is 19.0. The van der Waals surface area contributed by atoms with E-state index in [1.165, 1.54) is 11.1 Å². The Bertz CT molecular complexity index is 383. The number of aliphatic hydroxyl groups is 2. The predicted molar refractivity (Wildman–Crippen MR) is 61.3 cm³/mol. The Morgan fingerprint density at radius 1 is 1.12 bits per heavy atom. The maximum atomic E-state index is 9.48. The van der Waals surface area contributed by atoms with Crippen molar-refractivity contribution in [1.82, 2.24) is 4.90 Å². The minimum Gasteiger partial charge on any atom is -0.389 e. The Balaban J connectivity index is 1.63. The van der Waals surface area contributed by atoms with Crippen molar-refractivity contribution in [2.75, 3.05) is 19.6 Å². The zero-order valence-electron chi connectivity index (χ0n) is 9.21. The van der Waals surface area contributed by atoms with Gasteiger partial charge in [0.1, 0.15) is 0 Å². The lowest BCUT2D eigenvalue weighted by Gasteiger charge is -2.33. The van der Waals surface area contributed by atoms with E-state index in [1.54, 1.807) is 0 Å². The van der Waals surface area contributed by atoms with Crippen LogP contribution in [0.5, 0.6) is 0 Å². The zero-order valence-corrected chi connectivity index (χ0v) is 9.21. The fraction of sp³-hybridized carbons (Fsp3) is 0.538. The van der Waals surface area contributed by atoms with Gasteiger partial charge in [0.2, 0.25) is 0 Å². The van der Waals surface area contributed by atoms with Crippen molar-refractivity contribution in [3.05, 3.63) is 35.4 Å². The molecule has 86 valence electrons. The van der Waals surface area contributed by atoms with Crippen molar-refractivity contribution >= 4 is 0 Å². The highest BCUT2D eigenvalue weighted by Gasteiger charge is 2.33. The molecule has 2 aliphatic rings. The normalized spacial score (nSPS) is 33.5. The molecule has 3 heteroatoms. The van der Waals surface area contributed by atoms with E-state index >= 15 is 0 Å². The van der Waals surface area contributed by atoms with Gasteiger partial charge in [0.25, 0.3) is 0 Å². The Morgan fingerprint density at radius 2 is 1.81 bits per heavy atom. The van der Waals surface area contributed by atoms with Crippen LogP contribution < -0.4 is 0 Å². The van der Waals surface area contributed by atoms with Crippen molar-refractivity contribution in [2.45, 2.75) is 24.5 Å². The lowest BCUT2D eigenvalue weighted by molar-refractivity contribution is 0.0572. The molecule has 0 saturated carbocycles. The molecule has 16 heavy (non-hydrogen) atoms. The molecule has 1 fully saturated rings. The molecule has 1 aliphatic carbocycles. The number of aliphatic hydroxyl groups excluding tert-OH is 2. The monoisotopic (exact) mass is 219 g/mol. The molecule has 0 radical (unpaired) electrons. The summed E-state index contributed by atoms with van der Waals surface area (Å²) in [6, 6.07) is 8.53. The molecule has 3 nitrogen and oxygen atoms in total. The van der Waals surface area contributed by atoms with Crippen molar-refractivity contribution in [3.63, 3.8) is 0 Å². The molecule has 0 amide bonds. The number of nitrogens with zero attached hydrogens (tertiary/aromatic N) is 1. The largest absolute Gasteiger partial charge is 0.389 e. The topological polar surface area (TPSA) is 43.7 Å². The van der Waals surface area contributed by atoms with Crippen LogP contribution >= 0.6 is 0 Å². The number of fused-ring (bicyclic) bond motifs is 1. The second kappa shape index (κ2) is 3.84. The molecule has 1 unspecified atom stereocenters. The maximum Gasteiger partial charge on any atom is 0.0938 e. The van der Waals surface area contributed by atoms with Crippen LogP contribution in [-0.2, 0) is 6.42 Å². The van der Waals surface area contributed by atoms with Gasteiger partial charge in [-0.15, -0.1) is 0 Å².